The van der Waals surface area contributed by atoms with Crippen LogP contribution >= 0.6 is 11.8 Å². The lowest BCUT2D eigenvalue weighted by Gasteiger charge is -2.35. The number of anilines is 1. The Morgan fingerprint density at radius 3 is 2.34 bits per heavy atom. The van der Waals surface area contributed by atoms with Gasteiger partial charge in [0.15, 0.2) is 0 Å². The lowest BCUT2D eigenvalue weighted by molar-refractivity contribution is -0.142. The molecule has 2 aliphatic heterocycles. The van der Waals surface area contributed by atoms with Gasteiger partial charge in [-0.2, -0.15) is 0 Å². The molecule has 2 fully saturated rings. The van der Waals surface area contributed by atoms with Crippen LogP contribution in [0.4, 0.5) is 10.5 Å². The summed E-state index contributed by atoms with van der Waals surface area (Å²) in [7, 11) is 0. The molecule has 1 atom stereocenters. The van der Waals surface area contributed by atoms with Crippen LogP contribution < -0.4 is 5.32 Å². The molecule has 152 valence electrons. The van der Waals surface area contributed by atoms with E-state index in [0.29, 0.717) is 32.8 Å². The van der Waals surface area contributed by atoms with E-state index < -0.39 is 0 Å². The van der Waals surface area contributed by atoms with Crippen LogP contribution in [0.25, 0.3) is 0 Å². The van der Waals surface area contributed by atoms with Gasteiger partial charge in [0, 0.05) is 42.6 Å². The van der Waals surface area contributed by atoms with E-state index in [1.54, 1.807) is 16.7 Å². The molecule has 0 spiro atoms. The van der Waals surface area contributed by atoms with E-state index in [0.717, 1.165) is 28.3 Å². The number of hydrogen-bond donors (Lipinski definition) is 1. The summed E-state index contributed by atoms with van der Waals surface area (Å²) < 4.78 is 5.50. The minimum Gasteiger partial charge on any atom is -0.368 e. The molecule has 0 bridgehead atoms. The van der Waals surface area contributed by atoms with Crippen molar-refractivity contribution in [2.75, 3.05) is 38.1 Å². The monoisotopic (exact) mass is 411 g/mol. The predicted octanol–water partition coefficient (Wildman–Crippen LogP) is 3.69. The molecular weight excluding hydrogens is 386 g/mol. The Morgan fingerprint density at radius 2 is 1.62 bits per heavy atom. The number of piperazine rings is 1. The van der Waals surface area contributed by atoms with Crippen LogP contribution in [0.2, 0.25) is 0 Å². The summed E-state index contributed by atoms with van der Waals surface area (Å²) in [5.41, 5.74) is 0.796. The van der Waals surface area contributed by atoms with Crippen LogP contribution in [0, 0.1) is 0 Å². The normalized spacial score (nSPS) is 19.2. The Kier molecular flexibility index (Phi) is 6.36. The third kappa shape index (κ3) is 4.92. The Labute approximate surface area is 175 Å². The highest BCUT2D eigenvalue weighted by atomic mass is 32.2. The maximum Gasteiger partial charge on any atom is 0.321 e. The first-order valence-electron chi connectivity index (χ1n) is 9.99. The summed E-state index contributed by atoms with van der Waals surface area (Å²) in [5.74, 6) is 0.0622. The van der Waals surface area contributed by atoms with Crippen molar-refractivity contribution in [3.63, 3.8) is 0 Å². The number of nitrogens with one attached hydrogen (secondary N) is 1. The molecular formula is C22H25N3O3S. The third-order valence-electron chi connectivity index (χ3n) is 5.18. The first kappa shape index (κ1) is 19.8. The molecule has 4 rings (SSSR count). The summed E-state index contributed by atoms with van der Waals surface area (Å²) >= 11 is 1.62. The van der Waals surface area contributed by atoms with Gasteiger partial charge in [-0.15, -0.1) is 0 Å². The standard InChI is InChI=1S/C22H25N3O3S/c26-21(19-10-6-16-28-19)24-12-14-25(15-13-24)22(27)23-18-9-4-5-11-20(18)29-17-7-2-1-3-8-17/h1-5,7-9,11,19H,6,10,12-16H2,(H,23,27)/t19-/m0/s1. The lowest BCUT2D eigenvalue weighted by atomic mass is 10.2. The van der Waals surface area contributed by atoms with Gasteiger partial charge >= 0.3 is 6.03 Å². The molecule has 2 heterocycles. The van der Waals surface area contributed by atoms with Crippen molar-refractivity contribution in [2.45, 2.75) is 28.7 Å². The summed E-state index contributed by atoms with van der Waals surface area (Å²) in [5, 5.41) is 3.04. The number of amides is 3. The molecule has 2 saturated heterocycles. The number of ether oxygens (including phenoxy) is 1. The van der Waals surface area contributed by atoms with Crippen molar-refractivity contribution in [3.05, 3.63) is 54.6 Å². The molecule has 0 saturated carbocycles. The number of hydrogen-bond acceptors (Lipinski definition) is 4. The minimum atomic E-state index is -0.294. The maximum absolute atomic E-state index is 12.8. The number of carbonyl (C=O) groups is 2. The largest absolute Gasteiger partial charge is 0.368 e. The topological polar surface area (TPSA) is 61.9 Å². The smallest absolute Gasteiger partial charge is 0.321 e. The second kappa shape index (κ2) is 9.33. The lowest BCUT2D eigenvalue weighted by Crippen LogP contribution is -2.53. The molecule has 0 aliphatic carbocycles. The fraction of sp³-hybridized carbons (Fsp3) is 0.364. The quantitative estimate of drug-likeness (QED) is 0.834. The molecule has 0 radical (unpaired) electrons. The third-order valence-corrected chi connectivity index (χ3v) is 6.27. The van der Waals surface area contributed by atoms with Gasteiger partial charge in [0.2, 0.25) is 0 Å². The molecule has 6 nitrogen and oxygen atoms in total. The van der Waals surface area contributed by atoms with Crippen molar-refractivity contribution in [1.29, 1.82) is 0 Å². The Morgan fingerprint density at radius 1 is 0.931 bits per heavy atom. The molecule has 2 aromatic carbocycles. The highest BCUT2D eigenvalue weighted by molar-refractivity contribution is 7.99. The zero-order valence-electron chi connectivity index (χ0n) is 16.3. The fourth-order valence-electron chi connectivity index (χ4n) is 3.57. The van der Waals surface area contributed by atoms with E-state index in [1.165, 1.54) is 0 Å². The van der Waals surface area contributed by atoms with Crippen LogP contribution in [-0.4, -0.2) is 60.6 Å². The molecule has 3 amide bonds. The summed E-state index contributed by atoms with van der Waals surface area (Å²) in [6.45, 7) is 2.81. The summed E-state index contributed by atoms with van der Waals surface area (Å²) in [6.07, 6.45) is 1.45. The predicted molar refractivity (Wildman–Crippen MR) is 113 cm³/mol. The zero-order valence-corrected chi connectivity index (χ0v) is 17.1. The van der Waals surface area contributed by atoms with Gasteiger partial charge in [0.05, 0.1) is 5.69 Å². The van der Waals surface area contributed by atoms with Gasteiger partial charge in [-0.25, -0.2) is 4.79 Å². The number of carbonyl (C=O) groups excluding carboxylic acids is 2. The van der Waals surface area contributed by atoms with Gasteiger partial charge in [0.1, 0.15) is 6.10 Å². The number of nitrogens with zero attached hydrogens (tertiary/aromatic N) is 2. The van der Waals surface area contributed by atoms with Crippen LogP contribution in [0.15, 0.2) is 64.4 Å². The fourth-order valence-corrected chi connectivity index (χ4v) is 4.50. The average Bonchev–Trinajstić information content (AvgIpc) is 3.30. The van der Waals surface area contributed by atoms with E-state index in [1.807, 2.05) is 59.5 Å². The SMILES string of the molecule is O=C(Nc1ccccc1Sc1ccccc1)N1CCN(C(=O)[C@@H]2CCCO2)CC1. The van der Waals surface area contributed by atoms with E-state index >= 15 is 0 Å². The van der Waals surface area contributed by atoms with Crippen LogP contribution in [0.1, 0.15) is 12.8 Å². The first-order chi connectivity index (χ1) is 14.2. The number of benzene rings is 2. The van der Waals surface area contributed by atoms with Crippen molar-refractivity contribution >= 4 is 29.4 Å². The highest BCUT2D eigenvalue weighted by Gasteiger charge is 2.31. The Hall–Kier alpha value is -2.51. The van der Waals surface area contributed by atoms with Crippen molar-refractivity contribution in [3.8, 4) is 0 Å². The van der Waals surface area contributed by atoms with Gasteiger partial charge in [0.25, 0.3) is 5.91 Å². The number of para-hydroxylation sites is 1. The van der Waals surface area contributed by atoms with E-state index in [-0.39, 0.29) is 18.0 Å². The minimum absolute atomic E-state index is 0.0622. The number of rotatable bonds is 4. The zero-order chi connectivity index (χ0) is 20.1. The average molecular weight is 412 g/mol. The Balaban J connectivity index is 1.34. The summed E-state index contributed by atoms with van der Waals surface area (Å²) in [6, 6.07) is 17.8. The van der Waals surface area contributed by atoms with Crippen LogP contribution in [0.3, 0.4) is 0 Å². The molecule has 29 heavy (non-hydrogen) atoms. The first-order valence-corrected chi connectivity index (χ1v) is 10.8. The van der Waals surface area contributed by atoms with Crippen LogP contribution in [-0.2, 0) is 9.53 Å². The molecule has 2 aromatic rings. The van der Waals surface area contributed by atoms with E-state index in [9.17, 15) is 9.59 Å². The molecule has 1 N–H and O–H groups in total. The van der Waals surface area contributed by atoms with Gasteiger partial charge in [-0.1, -0.05) is 42.1 Å². The Bertz CT molecular complexity index is 847. The molecule has 2 aliphatic rings. The molecule has 0 unspecified atom stereocenters. The summed E-state index contributed by atoms with van der Waals surface area (Å²) in [4.78, 5) is 31.0. The van der Waals surface area contributed by atoms with Crippen molar-refractivity contribution in [2.24, 2.45) is 0 Å². The second-order valence-corrected chi connectivity index (χ2v) is 8.27. The van der Waals surface area contributed by atoms with Crippen molar-refractivity contribution in [1.82, 2.24) is 9.80 Å². The van der Waals surface area contributed by atoms with Gasteiger partial charge in [-0.05, 0) is 37.1 Å². The molecule has 7 heteroatoms. The number of urea groups is 1. The van der Waals surface area contributed by atoms with Crippen LogP contribution in [0.5, 0.6) is 0 Å². The van der Waals surface area contributed by atoms with Gasteiger partial charge in [-0.3, -0.25) is 4.79 Å². The van der Waals surface area contributed by atoms with E-state index in [2.05, 4.69) is 5.32 Å². The van der Waals surface area contributed by atoms with Crippen molar-refractivity contribution < 1.29 is 14.3 Å². The highest BCUT2D eigenvalue weighted by Crippen LogP contribution is 2.33. The molecule has 0 aromatic heterocycles. The maximum atomic E-state index is 12.8. The van der Waals surface area contributed by atoms with Gasteiger partial charge < -0.3 is 19.9 Å². The van der Waals surface area contributed by atoms with E-state index in [4.69, 9.17) is 4.74 Å². The second-order valence-electron chi connectivity index (χ2n) is 7.16.